The number of aromatic nitrogens is 2. The van der Waals surface area contributed by atoms with Crippen molar-refractivity contribution in [2.75, 3.05) is 25.1 Å². The molecule has 1 N–H and O–H groups in total. The van der Waals surface area contributed by atoms with Crippen LogP contribution in [0, 0.1) is 17.6 Å². The van der Waals surface area contributed by atoms with Gasteiger partial charge in [-0.05, 0) is 24.3 Å². The number of alkyl halides is 2. The largest absolute Gasteiger partial charge is 0.487 e. The Morgan fingerprint density at radius 1 is 1.21 bits per heavy atom. The van der Waals surface area contributed by atoms with Gasteiger partial charge in [0, 0.05) is 30.3 Å². The highest BCUT2D eigenvalue weighted by molar-refractivity contribution is 6.04. The maximum absolute atomic E-state index is 14.0. The van der Waals surface area contributed by atoms with Gasteiger partial charge in [0.15, 0.2) is 0 Å². The normalized spacial score (nSPS) is 13.6. The first-order valence-corrected chi connectivity index (χ1v) is 10.3. The lowest BCUT2D eigenvalue weighted by molar-refractivity contribution is -0.0410. The maximum Gasteiger partial charge on any atom is 0.272 e. The van der Waals surface area contributed by atoms with Gasteiger partial charge in [-0.1, -0.05) is 12.1 Å². The van der Waals surface area contributed by atoms with Crippen molar-refractivity contribution in [1.82, 2.24) is 9.78 Å². The van der Waals surface area contributed by atoms with Gasteiger partial charge in [0.2, 0.25) is 5.43 Å². The van der Waals surface area contributed by atoms with E-state index in [9.17, 15) is 27.2 Å². The highest BCUT2D eigenvalue weighted by Crippen LogP contribution is 2.27. The van der Waals surface area contributed by atoms with Crippen molar-refractivity contribution in [2.24, 2.45) is 5.92 Å². The predicted octanol–water partition coefficient (Wildman–Crippen LogP) is 3.73. The second-order valence-corrected chi connectivity index (χ2v) is 7.62. The third kappa shape index (κ3) is 5.25. The van der Waals surface area contributed by atoms with Crippen molar-refractivity contribution < 1.29 is 31.8 Å². The Hall–Kier alpha value is -3.73. The Balaban J connectivity index is 1.75. The standard InChI is InChI=1S/C23H19F4N3O4/c24-14-5-6-18(17(25)7-14)28-23(32)16-9-30(8-13-10-33-11-13)29-21(22(16)31)15-3-1-2-4-19(15)34-12-20(26)27/h1-7,9,13,20H,8,10-12H2,(H,28,32). The number of nitrogens with one attached hydrogen (secondary N) is 1. The highest BCUT2D eigenvalue weighted by Gasteiger charge is 2.24. The molecule has 1 aromatic heterocycles. The number of carbonyl (C=O) groups excluding carboxylic acids is 1. The lowest BCUT2D eigenvalue weighted by Gasteiger charge is -2.26. The molecule has 1 fully saturated rings. The minimum atomic E-state index is -2.74. The third-order valence-electron chi connectivity index (χ3n) is 5.05. The Morgan fingerprint density at radius 3 is 2.65 bits per heavy atom. The van der Waals surface area contributed by atoms with Crippen LogP contribution >= 0.6 is 0 Å². The summed E-state index contributed by atoms with van der Waals surface area (Å²) >= 11 is 0. The predicted molar refractivity (Wildman–Crippen MR) is 114 cm³/mol. The number of amides is 1. The fourth-order valence-electron chi connectivity index (χ4n) is 3.35. The van der Waals surface area contributed by atoms with Crippen molar-refractivity contribution in [1.29, 1.82) is 0 Å². The fraction of sp³-hybridized carbons (Fsp3) is 0.261. The summed E-state index contributed by atoms with van der Waals surface area (Å²) in [5, 5.41) is 6.57. The molecule has 0 radical (unpaired) electrons. The molecule has 0 atom stereocenters. The van der Waals surface area contributed by atoms with Crippen LogP contribution in [0.15, 0.2) is 53.5 Å². The Bertz CT molecular complexity index is 1260. The van der Waals surface area contributed by atoms with Crippen LogP contribution < -0.4 is 15.5 Å². The number of nitrogens with zero attached hydrogens (tertiary/aromatic N) is 2. The molecule has 2 heterocycles. The van der Waals surface area contributed by atoms with E-state index < -0.39 is 36.0 Å². The molecule has 0 aliphatic carbocycles. The van der Waals surface area contributed by atoms with Crippen LogP contribution in [0.3, 0.4) is 0 Å². The summed E-state index contributed by atoms with van der Waals surface area (Å²) in [6, 6.07) is 8.56. The number of rotatable bonds is 8. The monoisotopic (exact) mass is 477 g/mol. The van der Waals surface area contributed by atoms with E-state index in [2.05, 4.69) is 10.4 Å². The minimum absolute atomic E-state index is 0.00642. The number of hydrogen-bond donors (Lipinski definition) is 1. The first-order chi connectivity index (χ1) is 16.3. The van der Waals surface area contributed by atoms with Crippen LogP contribution in [-0.4, -0.2) is 41.9 Å². The molecular formula is C23H19F4N3O4. The maximum atomic E-state index is 14.0. The van der Waals surface area contributed by atoms with E-state index in [-0.39, 0.29) is 34.2 Å². The second kappa shape index (κ2) is 10.0. The smallest absolute Gasteiger partial charge is 0.272 e. The molecule has 1 aliphatic heterocycles. The van der Waals surface area contributed by atoms with Crippen LogP contribution in [0.25, 0.3) is 11.3 Å². The summed E-state index contributed by atoms with van der Waals surface area (Å²) in [5.74, 6) is -2.69. The topological polar surface area (TPSA) is 82.5 Å². The van der Waals surface area contributed by atoms with E-state index in [4.69, 9.17) is 9.47 Å². The molecule has 0 unspecified atom stereocenters. The zero-order chi connectivity index (χ0) is 24.2. The summed E-state index contributed by atoms with van der Waals surface area (Å²) < 4.78 is 64.3. The van der Waals surface area contributed by atoms with Gasteiger partial charge in [0.25, 0.3) is 12.3 Å². The Kier molecular flexibility index (Phi) is 6.92. The molecule has 7 nitrogen and oxygen atoms in total. The van der Waals surface area contributed by atoms with Gasteiger partial charge in [-0.15, -0.1) is 0 Å². The summed E-state index contributed by atoms with van der Waals surface area (Å²) in [6.45, 7) is 0.367. The van der Waals surface area contributed by atoms with Gasteiger partial charge < -0.3 is 14.8 Å². The number of carbonyl (C=O) groups is 1. The quantitative estimate of drug-likeness (QED) is 0.500. The molecule has 3 aromatic rings. The first-order valence-electron chi connectivity index (χ1n) is 10.3. The lowest BCUT2D eigenvalue weighted by atomic mass is 10.1. The zero-order valence-corrected chi connectivity index (χ0v) is 17.6. The van der Waals surface area contributed by atoms with Crippen LogP contribution in [0.2, 0.25) is 0 Å². The van der Waals surface area contributed by atoms with Crippen molar-refractivity contribution in [3.63, 3.8) is 0 Å². The zero-order valence-electron chi connectivity index (χ0n) is 17.6. The first kappa shape index (κ1) is 23.4. The minimum Gasteiger partial charge on any atom is -0.487 e. The molecule has 0 saturated carbocycles. The molecule has 2 aromatic carbocycles. The van der Waals surface area contributed by atoms with Crippen molar-refractivity contribution in [3.8, 4) is 17.0 Å². The van der Waals surface area contributed by atoms with Crippen LogP contribution in [0.1, 0.15) is 10.4 Å². The average Bonchev–Trinajstić information content (AvgIpc) is 2.77. The van der Waals surface area contributed by atoms with E-state index >= 15 is 0 Å². The SMILES string of the molecule is O=C(Nc1ccc(F)cc1F)c1cn(CC2COC2)nc(-c2ccccc2OCC(F)F)c1=O. The van der Waals surface area contributed by atoms with Crippen LogP contribution in [-0.2, 0) is 11.3 Å². The van der Waals surface area contributed by atoms with Gasteiger partial charge in [-0.3, -0.25) is 14.3 Å². The van der Waals surface area contributed by atoms with Gasteiger partial charge >= 0.3 is 0 Å². The Morgan fingerprint density at radius 2 is 1.97 bits per heavy atom. The summed E-state index contributed by atoms with van der Waals surface area (Å²) in [5.41, 5.74) is -1.57. The lowest BCUT2D eigenvalue weighted by Crippen LogP contribution is -2.34. The number of anilines is 1. The molecule has 34 heavy (non-hydrogen) atoms. The molecule has 11 heteroatoms. The number of benzene rings is 2. The number of para-hydroxylation sites is 1. The molecule has 1 amide bonds. The molecule has 1 aliphatic rings. The average molecular weight is 477 g/mol. The van der Waals surface area contributed by atoms with Crippen molar-refractivity contribution >= 4 is 11.6 Å². The third-order valence-corrected chi connectivity index (χ3v) is 5.05. The molecule has 0 bridgehead atoms. The van der Waals surface area contributed by atoms with Gasteiger partial charge in [0.05, 0.1) is 18.9 Å². The second-order valence-electron chi connectivity index (χ2n) is 7.62. The van der Waals surface area contributed by atoms with E-state index in [0.29, 0.717) is 25.8 Å². The molecular weight excluding hydrogens is 458 g/mol. The van der Waals surface area contributed by atoms with Gasteiger partial charge in [0.1, 0.15) is 35.2 Å². The molecule has 4 rings (SSSR count). The van der Waals surface area contributed by atoms with Crippen LogP contribution in [0.4, 0.5) is 23.2 Å². The molecule has 0 spiro atoms. The highest BCUT2D eigenvalue weighted by atomic mass is 19.3. The summed E-state index contributed by atoms with van der Waals surface area (Å²) in [6.07, 6.45) is -1.51. The van der Waals surface area contributed by atoms with E-state index in [1.807, 2.05) is 0 Å². The fourth-order valence-corrected chi connectivity index (χ4v) is 3.35. The van der Waals surface area contributed by atoms with Gasteiger partial charge in [-0.25, -0.2) is 17.6 Å². The van der Waals surface area contributed by atoms with E-state index in [0.717, 1.165) is 12.1 Å². The summed E-state index contributed by atoms with van der Waals surface area (Å²) in [7, 11) is 0. The Labute approximate surface area is 190 Å². The van der Waals surface area contributed by atoms with Gasteiger partial charge in [-0.2, -0.15) is 5.10 Å². The number of halogens is 4. The van der Waals surface area contributed by atoms with Crippen LogP contribution in [0.5, 0.6) is 5.75 Å². The van der Waals surface area contributed by atoms with Crippen molar-refractivity contribution in [2.45, 2.75) is 13.0 Å². The molecule has 178 valence electrons. The number of ether oxygens (including phenoxy) is 2. The van der Waals surface area contributed by atoms with Crippen molar-refractivity contribution in [3.05, 3.63) is 76.1 Å². The number of hydrogen-bond acceptors (Lipinski definition) is 5. The van der Waals surface area contributed by atoms with E-state index in [1.54, 1.807) is 12.1 Å². The summed E-state index contributed by atoms with van der Waals surface area (Å²) in [4.78, 5) is 26.1. The molecule has 1 saturated heterocycles. The van der Waals surface area contributed by atoms with E-state index in [1.165, 1.54) is 23.0 Å².